The van der Waals surface area contributed by atoms with Crippen molar-refractivity contribution in [3.05, 3.63) is 23.5 Å². The summed E-state index contributed by atoms with van der Waals surface area (Å²) in [6.07, 6.45) is 1.44. The van der Waals surface area contributed by atoms with Crippen LogP contribution in [0.3, 0.4) is 0 Å². The molecule has 1 heterocycles. The lowest BCUT2D eigenvalue weighted by Gasteiger charge is -1.99. The van der Waals surface area contributed by atoms with Crippen LogP contribution in [0.5, 0.6) is 0 Å². The summed E-state index contributed by atoms with van der Waals surface area (Å²) in [5.41, 5.74) is 3.03. The summed E-state index contributed by atoms with van der Waals surface area (Å²) in [7, 11) is 0. The molecule has 0 saturated carbocycles. The smallest absolute Gasteiger partial charge is 0.267 e. The van der Waals surface area contributed by atoms with Crippen LogP contribution in [0.25, 0.3) is 0 Å². The SMILES string of the molecule is Cc1nnccc1C(=O)NN. The molecule has 5 heteroatoms. The minimum Gasteiger partial charge on any atom is -0.290 e. The number of nitrogens with zero attached hydrogens (tertiary/aromatic N) is 2. The zero-order valence-corrected chi connectivity index (χ0v) is 6.03. The monoisotopic (exact) mass is 152 g/mol. The lowest BCUT2D eigenvalue weighted by molar-refractivity contribution is 0.0952. The minimum absolute atomic E-state index is 0.350. The number of hydrazine groups is 1. The molecule has 1 amide bonds. The second-order valence-electron chi connectivity index (χ2n) is 2.00. The van der Waals surface area contributed by atoms with Crippen LogP contribution in [0.4, 0.5) is 0 Å². The number of nitrogen functional groups attached to an aromatic ring is 1. The molecule has 3 N–H and O–H groups in total. The number of hydrogen-bond acceptors (Lipinski definition) is 4. The molecule has 5 nitrogen and oxygen atoms in total. The molecule has 0 saturated heterocycles. The van der Waals surface area contributed by atoms with E-state index in [1.54, 1.807) is 13.0 Å². The zero-order chi connectivity index (χ0) is 8.27. The van der Waals surface area contributed by atoms with Gasteiger partial charge in [-0.15, -0.1) is 0 Å². The third-order valence-electron chi connectivity index (χ3n) is 1.28. The van der Waals surface area contributed by atoms with Gasteiger partial charge in [0.1, 0.15) is 0 Å². The van der Waals surface area contributed by atoms with E-state index in [4.69, 9.17) is 5.84 Å². The average Bonchev–Trinajstić information content (AvgIpc) is 2.04. The van der Waals surface area contributed by atoms with Crippen LogP contribution < -0.4 is 11.3 Å². The summed E-state index contributed by atoms with van der Waals surface area (Å²) >= 11 is 0. The number of nitrogens with two attached hydrogens (primary N) is 1. The first-order valence-electron chi connectivity index (χ1n) is 3.05. The Balaban J connectivity index is 3.03. The minimum atomic E-state index is -0.350. The van der Waals surface area contributed by atoms with Gasteiger partial charge in [-0.3, -0.25) is 10.2 Å². The second kappa shape index (κ2) is 3.07. The van der Waals surface area contributed by atoms with Crippen molar-refractivity contribution in [3.63, 3.8) is 0 Å². The van der Waals surface area contributed by atoms with E-state index in [0.29, 0.717) is 11.3 Å². The Morgan fingerprint density at radius 2 is 2.45 bits per heavy atom. The first-order valence-corrected chi connectivity index (χ1v) is 3.05. The standard InChI is InChI=1S/C6H8N4O/c1-4-5(6(11)9-7)2-3-8-10-4/h2-3H,7H2,1H3,(H,9,11). The van der Waals surface area contributed by atoms with Crippen LogP contribution in [-0.4, -0.2) is 16.1 Å². The third kappa shape index (κ3) is 1.50. The Morgan fingerprint density at radius 1 is 1.73 bits per heavy atom. The van der Waals surface area contributed by atoms with Gasteiger partial charge in [-0.05, 0) is 13.0 Å². The van der Waals surface area contributed by atoms with Crippen LogP contribution in [-0.2, 0) is 0 Å². The van der Waals surface area contributed by atoms with Gasteiger partial charge in [0, 0.05) is 0 Å². The van der Waals surface area contributed by atoms with E-state index in [2.05, 4.69) is 10.2 Å². The van der Waals surface area contributed by atoms with E-state index in [1.807, 2.05) is 5.43 Å². The van der Waals surface area contributed by atoms with Crippen molar-refractivity contribution in [1.29, 1.82) is 0 Å². The van der Waals surface area contributed by atoms with Crippen molar-refractivity contribution in [2.24, 2.45) is 5.84 Å². The quantitative estimate of drug-likeness (QED) is 0.319. The number of rotatable bonds is 1. The van der Waals surface area contributed by atoms with Gasteiger partial charge in [-0.2, -0.15) is 10.2 Å². The molecule has 11 heavy (non-hydrogen) atoms. The lowest BCUT2D eigenvalue weighted by Crippen LogP contribution is -2.30. The fourth-order valence-electron chi connectivity index (χ4n) is 0.720. The molecule has 0 aromatic carbocycles. The molecule has 0 fully saturated rings. The molecule has 1 aromatic heterocycles. The number of carbonyl (C=O) groups is 1. The predicted octanol–water partition coefficient (Wildman–Crippen LogP) is -0.611. The first kappa shape index (κ1) is 7.62. The molecule has 0 bridgehead atoms. The molecule has 0 spiro atoms. The summed E-state index contributed by atoms with van der Waals surface area (Å²) in [5, 5.41) is 7.27. The lowest BCUT2D eigenvalue weighted by atomic mass is 10.2. The van der Waals surface area contributed by atoms with Crippen molar-refractivity contribution < 1.29 is 4.79 Å². The molecule has 58 valence electrons. The van der Waals surface area contributed by atoms with Gasteiger partial charge in [-0.1, -0.05) is 0 Å². The van der Waals surface area contributed by atoms with Gasteiger partial charge in [-0.25, -0.2) is 5.84 Å². The number of aromatic nitrogens is 2. The molecular weight excluding hydrogens is 144 g/mol. The van der Waals surface area contributed by atoms with Crippen molar-refractivity contribution >= 4 is 5.91 Å². The maximum absolute atomic E-state index is 10.9. The van der Waals surface area contributed by atoms with Crippen LogP contribution in [0.1, 0.15) is 16.1 Å². The topological polar surface area (TPSA) is 80.9 Å². The summed E-state index contributed by atoms with van der Waals surface area (Å²) in [4.78, 5) is 10.9. The molecule has 0 radical (unpaired) electrons. The number of amides is 1. The van der Waals surface area contributed by atoms with Gasteiger partial charge in [0.05, 0.1) is 17.5 Å². The molecule has 1 aromatic rings. The van der Waals surface area contributed by atoms with E-state index in [1.165, 1.54) is 6.20 Å². The zero-order valence-electron chi connectivity index (χ0n) is 6.03. The Morgan fingerprint density at radius 3 is 3.00 bits per heavy atom. The molecule has 0 unspecified atom stereocenters. The third-order valence-corrected chi connectivity index (χ3v) is 1.28. The molecule has 0 aliphatic heterocycles. The van der Waals surface area contributed by atoms with E-state index < -0.39 is 0 Å². The molecule has 0 aliphatic rings. The highest BCUT2D eigenvalue weighted by Crippen LogP contribution is 1.99. The summed E-state index contributed by atoms with van der Waals surface area (Å²) in [5.74, 6) is 4.58. The van der Waals surface area contributed by atoms with Gasteiger partial charge >= 0.3 is 0 Å². The second-order valence-corrected chi connectivity index (χ2v) is 2.00. The highest BCUT2D eigenvalue weighted by atomic mass is 16.2. The average molecular weight is 152 g/mol. The predicted molar refractivity (Wildman–Crippen MR) is 38.4 cm³/mol. The fourth-order valence-corrected chi connectivity index (χ4v) is 0.720. The van der Waals surface area contributed by atoms with Gasteiger partial charge in [0.25, 0.3) is 5.91 Å². The van der Waals surface area contributed by atoms with Crippen LogP contribution in [0.2, 0.25) is 0 Å². The molecule has 0 atom stereocenters. The van der Waals surface area contributed by atoms with Crippen LogP contribution in [0.15, 0.2) is 12.3 Å². The van der Waals surface area contributed by atoms with Crippen molar-refractivity contribution in [2.45, 2.75) is 6.92 Å². The number of carbonyl (C=O) groups excluding carboxylic acids is 1. The van der Waals surface area contributed by atoms with E-state index in [0.717, 1.165) is 0 Å². The Hall–Kier alpha value is -1.49. The van der Waals surface area contributed by atoms with Gasteiger partial charge in [0.15, 0.2) is 0 Å². The van der Waals surface area contributed by atoms with Crippen molar-refractivity contribution in [2.75, 3.05) is 0 Å². The van der Waals surface area contributed by atoms with E-state index >= 15 is 0 Å². The number of aryl methyl sites for hydroxylation is 1. The normalized spacial score (nSPS) is 9.27. The Kier molecular flexibility index (Phi) is 2.12. The highest BCUT2D eigenvalue weighted by Gasteiger charge is 2.06. The summed E-state index contributed by atoms with van der Waals surface area (Å²) in [6.45, 7) is 1.69. The van der Waals surface area contributed by atoms with E-state index in [-0.39, 0.29) is 5.91 Å². The van der Waals surface area contributed by atoms with Crippen molar-refractivity contribution in [1.82, 2.24) is 15.6 Å². The maximum atomic E-state index is 10.9. The summed E-state index contributed by atoms with van der Waals surface area (Å²) < 4.78 is 0. The maximum Gasteiger partial charge on any atom is 0.267 e. The fraction of sp³-hybridized carbons (Fsp3) is 0.167. The number of hydrogen-bond donors (Lipinski definition) is 2. The van der Waals surface area contributed by atoms with Gasteiger partial charge in [0.2, 0.25) is 0 Å². The first-order chi connectivity index (χ1) is 5.25. The van der Waals surface area contributed by atoms with Crippen LogP contribution in [0, 0.1) is 6.92 Å². The van der Waals surface area contributed by atoms with Crippen molar-refractivity contribution in [3.8, 4) is 0 Å². The van der Waals surface area contributed by atoms with Gasteiger partial charge < -0.3 is 0 Å². The highest BCUT2D eigenvalue weighted by molar-refractivity contribution is 5.94. The molecule has 1 rings (SSSR count). The number of nitrogens with one attached hydrogen (secondary N) is 1. The summed E-state index contributed by atoms with van der Waals surface area (Å²) in [6, 6.07) is 1.56. The molecular formula is C6H8N4O. The Bertz CT molecular complexity index is 273. The molecule has 0 aliphatic carbocycles. The van der Waals surface area contributed by atoms with E-state index in [9.17, 15) is 4.79 Å². The van der Waals surface area contributed by atoms with Crippen LogP contribution >= 0.6 is 0 Å². The Labute approximate surface area is 63.6 Å². The largest absolute Gasteiger partial charge is 0.290 e.